The van der Waals surface area contributed by atoms with Crippen molar-refractivity contribution < 1.29 is 29.4 Å². The number of aliphatic hydroxyl groups excluding tert-OH is 1. The maximum absolute atomic E-state index is 13.2. The fourth-order valence-electron chi connectivity index (χ4n) is 4.41. The van der Waals surface area contributed by atoms with E-state index in [0.717, 1.165) is 37.0 Å². The first-order valence-corrected chi connectivity index (χ1v) is 14.9. The van der Waals surface area contributed by atoms with Gasteiger partial charge in [-0.05, 0) is 41.7 Å². The molecule has 4 heterocycles. The van der Waals surface area contributed by atoms with Gasteiger partial charge in [-0.15, -0.1) is 28.2 Å². The first-order chi connectivity index (χ1) is 18.9. The Labute approximate surface area is 234 Å². The molecule has 5 N–H and O–H groups in total. The molecule has 1 aliphatic carbocycles. The first kappa shape index (κ1) is 27.4. The number of amides is 2. The van der Waals surface area contributed by atoms with Crippen LogP contribution < -0.4 is 11.1 Å². The average molecular weight is 596 g/mol. The number of aromatic nitrogens is 5. The van der Waals surface area contributed by atoms with Crippen molar-refractivity contribution in [1.82, 2.24) is 35.4 Å². The highest BCUT2D eigenvalue weighted by Crippen LogP contribution is 2.41. The Morgan fingerprint density at radius 3 is 2.82 bits per heavy atom. The molecule has 1 saturated carbocycles. The second kappa shape index (κ2) is 11.9. The Hall–Kier alpha value is -3.22. The van der Waals surface area contributed by atoms with Crippen molar-refractivity contribution >= 4 is 63.5 Å². The average Bonchev–Trinajstić information content (AvgIpc) is 3.69. The summed E-state index contributed by atoms with van der Waals surface area (Å²) in [6.45, 7) is 0.0526. The highest BCUT2D eigenvalue weighted by molar-refractivity contribution is 8.01. The Bertz CT molecular complexity index is 1320. The molecule has 2 fully saturated rings. The number of rotatable bonds is 11. The first-order valence-electron chi connectivity index (χ1n) is 12.0. The van der Waals surface area contributed by atoms with Crippen LogP contribution in [0.2, 0.25) is 0 Å². The van der Waals surface area contributed by atoms with Gasteiger partial charge in [0, 0.05) is 16.9 Å². The van der Waals surface area contributed by atoms with Crippen LogP contribution in [0, 0.1) is 0 Å². The Balaban J connectivity index is 1.29. The number of β-lactam (4-membered cyclic amide) rings is 1. The highest BCUT2D eigenvalue weighted by Gasteiger charge is 2.54. The molecular formula is C21H25N9O6S3. The zero-order chi connectivity index (χ0) is 27.5. The van der Waals surface area contributed by atoms with Gasteiger partial charge in [-0.25, -0.2) is 14.5 Å². The largest absolute Gasteiger partial charge is 0.477 e. The molecule has 2 amide bonds. The number of hydrogen-bond donors (Lipinski definition) is 4. The Morgan fingerprint density at radius 2 is 2.13 bits per heavy atom. The standard InChI is InChI=1S/C21H25N9O6S3/c22-20-23-12(9-38-20)13(26-36-11-3-1-2-4-11)16(32)24-14-17(33)30-15(19(34)35)10(7-37-18(14)30)8-39-21-25-27-28-29(21)5-6-31/h9,11,14,18,31H,1-8H2,(H2,22,23)(H,24,32)(H,34,35)/t14?,18-/m0/s1. The zero-order valence-electron chi connectivity index (χ0n) is 20.4. The van der Waals surface area contributed by atoms with Gasteiger partial charge in [0.1, 0.15) is 28.9 Å². The van der Waals surface area contributed by atoms with Crippen molar-refractivity contribution in [2.24, 2.45) is 5.16 Å². The molecule has 2 aromatic heterocycles. The molecule has 1 saturated heterocycles. The number of carboxylic acids is 1. The number of tetrazole rings is 1. The lowest BCUT2D eigenvalue weighted by molar-refractivity contribution is -0.150. The molecule has 0 bridgehead atoms. The van der Waals surface area contributed by atoms with Crippen LogP contribution in [-0.2, 0) is 25.8 Å². The normalized spacial score (nSPS) is 21.6. The van der Waals surface area contributed by atoms with E-state index in [2.05, 4.69) is 31.0 Å². The number of hydrogen-bond acceptors (Lipinski definition) is 14. The van der Waals surface area contributed by atoms with Gasteiger partial charge in [0.15, 0.2) is 10.8 Å². The molecule has 0 radical (unpaired) electrons. The maximum Gasteiger partial charge on any atom is 0.352 e. The number of carboxylic acid groups (broad SMARTS) is 1. The minimum atomic E-state index is -1.24. The van der Waals surface area contributed by atoms with Crippen LogP contribution in [0.4, 0.5) is 5.13 Å². The summed E-state index contributed by atoms with van der Waals surface area (Å²) in [5.41, 5.74) is 6.30. The van der Waals surface area contributed by atoms with Crippen LogP contribution in [0.3, 0.4) is 0 Å². The number of aliphatic carboxylic acids is 1. The number of nitrogens with zero attached hydrogens (tertiary/aromatic N) is 7. The summed E-state index contributed by atoms with van der Waals surface area (Å²) in [6, 6.07) is -0.949. The van der Waals surface area contributed by atoms with Gasteiger partial charge in [0.05, 0.1) is 13.2 Å². The summed E-state index contributed by atoms with van der Waals surface area (Å²) in [7, 11) is 0. The number of oxime groups is 1. The maximum atomic E-state index is 13.2. The van der Waals surface area contributed by atoms with Gasteiger partial charge in [0.2, 0.25) is 5.16 Å². The number of anilines is 1. The summed E-state index contributed by atoms with van der Waals surface area (Å²) in [5, 5.41) is 38.8. The fourth-order valence-corrected chi connectivity index (χ4v) is 7.35. The number of nitrogens with one attached hydrogen (secondary N) is 1. The second-order valence-electron chi connectivity index (χ2n) is 8.84. The summed E-state index contributed by atoms with van der Waals surface area (Å²) in [4.78, 5) is 49.5. The summed E-state index contributed by atoms with van der Waals surface area (Å²) < 4.78 is 1.41. The van der Waals surface area contributed by atoms with E-state index in [1.165, 1.54) is 33.1 Å². The van der Waals surface area contributed by atoms with Crippen molar-refractivity contribution in [2.45, 2.75) is 54.9 Å². The number of nitrogens with two attached hydrogens (primary N) is 1. The van der Waals surface area contributed by atoms with Gasteiger partial charge < -0.3 is 26.1 Å². The molecule has 3 aliphatic rings. The SMILES string of the molecule is Nc1nc(C(=NOC2CCCC2)C(=O)NC2C(=O)N3C(C(=O)O)=C(CSc4nnnn4CCO)CS[C@@H]23)cs1. The third kappa shape index (κ3) is 5.73. The topological polar surface area (TPSA) is 211 Å². The van der Waals surface area contributed by atoms with Crippen LogP contribution >= 0.6 is 34.9 Å². The third-order valence-corrected chi connectivity index (χ3v) is 9.35. The lowest BCUT2D eigenvalue weighted by atomic mass is 10.0. The minimum absolute atomic E-state index is 0.0893. The van der Waals surface area contributed by atoms with Crippen LogP contribution in [0.15, 0.2) is 27.0 Å². The Kier molecular flexibility index (Phi) is 8.34. The molecule has 2 aromatic rings. The van der Waals surface area contributed by atoms with Crippen molar-refractivity contribution in [3.63, 3.8) is 0 Å². The van der Waals surface area contributed by atoms with E-state index in [9.17, 15) is 19.5 Å². The van der Waals surface area contributed by atoms with E-state index in [4.69, 9.17) is 15.7 Å². The van der Waals surface area contributed by atoms with Crippen molar-refractivity contribution in [3.8, 4) is 0 Å². The smallest absolute Gasteiger partial charge is 0.352 e. The van der Waals surface area contributed by atoms with E-state index in [1.54, 1.807) is 5.38 Å². The number of fused-ring (bicyclic) bond motifs is 1. The van der Waals surface area contributed by atoms with Crippen molar-refractivity contribution in [3.05, 3.63) is 22.3 Å². The van der Waals surface area contributed by atoms with Crippen LogP contribution in [0.25, 0.3) is 0 Å². The van der Waals surface area contributed by atoms with Gasteiger partial charge in [0.25, 0.3) is 11.8 Å². The van der Waals surface area contributed by atoms with Gasteiger partial charge in [-0.2, -0.15) is 0 Å². The van der Waals surface area contributed by atoms with E-state index in [-0.39, 0.29) is 47.2 Å². The Morgan fingerprint density at radius 1 is 1.33 bits per heavy atom. The second-order valence-corrected chi connectivity index (χ2v) is 11.8. The molecule has 18 heteroatoms. The predicted octanol–water partition coefficient (Wildman–Crippen LogP) is -0.102. The predicted molar refractivity (Wildman–Crippen MR) is 142 cm³/mol. The molecule has 2 aliphatic heterocycles. The number of thioether (sulfide) groups is 2. The van der Waals surface area contributed by atoms with E-state index in [1.807, 2.05) is 0 Å². The van der Waals surface area contributed by atoms with Crippen LogP contribution in [0.1, 0.15) is 31.4 Å². The number of carbonyl (C=O) groups is 3. The number of carbonyl (C=O) groups excluding carboxylic acids is 2. The molecule has 2 atom stereocenters. The molecule has 15 nitrogen and oxygen atoms in total. The monoisotopic (exact) mass is 595 g/mol. The summed E-state index contributed by atoms with van der Waals surface area (Å²) in [6.07, 6.45) is 3.64. The highest BCUT2D eigenvalue weighted by atomic mass is 32.2. The van der Waals surface area contributed by atoms with Crippen LogP contribution in [-0.4, -0.2) is 99.4 Å². The zero-order valence-corrected chi connectivity index (χ0v) is 22.9. The fraction of sp³-hybridized carbons (Fsp3) is 0.524. The number of thiazole rings is 1. The molecule has 1 unspecified atom stereocenters. The van der Waals surface area contributed by atoms with E-state index >= 15 is 0 Å². The van der Waals surface area contributed by atoms with Gasteiger partial charge in [-0.3, -0.25) is 14.5 Å². The number of aliphatic hydroxyl groups is 1. The molecule has 39 heavy (non-hydrogen) atoms. The molecule has 208 valence electrons. The lowest BCUT2D eigenvalue weighted by Gasteiger charge is -2.49. The van der Waals surface area contributed by atoms with E-state index in [0.29, 0.717) is 16.5 Å². The van der Waals surface area contributed by atoms with Crippen LogP contribution in [0.5, 0.6) is 0 Å². The summed E-state index contributed by atoms with van der Waals surface area (Å²) in [5.74, 6) is -1.89. The van der Waals surface area contributed by atoms with Gasteiger partial charge >= 0.3 is 5.97 Å². The minimum Gasteiger partial charge on any atom is -0.477 e. The summed E-state index contributed by atoms with van der Waals surface area (Å²) >= 11 is 3.70. The van der Waals surface area contributed by atoms with E-state index < -0.39 is 29.2 Å². The molecule has 0 aromatic carbocycles. The van der Waals surface area contributed by atoms with Crippen molar-refractivity contribution in [1.29, 1.82) is 0 Å². The molecule has 0 spiro atoms. The number of nitrogen functional groups attached to an aromatic ring is 1. The van der Waals surface area contributed by atoms with Gasteiger partial charge in [-0.1, -0.05) is 16.9 Å². The lowest BCUT2D eigenvalue weighted by Crippen LogP contribution is -2.71. The quantitative estimate of drug-likeness (QED) is 0.116. The third-order valence-electron chi connectivity index (χ3n) is 6.30. The van der Waals surface area contributed by atoms with Crippen molar-refractivity contribution in [2.75, 3.05) is 23.8 Å². The molecular weight excluding hydrogens is 570 g/mol. The molecule has 5 rings (SSSR count).